The quantitative estimate of drug-likeness (QED) is 0.537. The SMILES string of the molecule is CCCCOCCOc1ncc(CCl)cc1Cl. The minimum Gasteiger partial charge on any atom is -0.474 e. The molecule has 0 fully saturated rings. The molecule has 0 aromatic carbocycles. The Hall–Kier alpha value is -0.510. The first-order valence-electron chi connectivity index (χ1n) is 5.68. The molecular formula is C12H17Cl2NO2. The predicted octanol–water partition coefficient (Wildman–Crippen LogP) is 3.67. The number of pyridine rings is 1. The zero-order valence-corrected chi connectivity index (χ0v) is 11.4. The molecule has 1 aromatic rings. The van der Waals surface area contributed by atoms with Crippen LogP contribution in [0.1, 0.15) is 25.3 Å². The first-order chi connectivity index (χ1) is 8.27. The van der Waals surface area contributed by atoms with Gasteiger partial charge in [-0.05, 0) is 18.1 Å². The highest BCUT2D eigenvalue weighted by Crippen LogP contribution is 2.22. The van der Waals surface area contributed by atoms with Crippen molar-refractivity contribution in [1.82, 2.24) is 4.98 Å². The van der Waals surface area contributed by atoms with Crippen LogP contribution in [0.4, 0.5) is 0 Å². The molecule has 0 aliphatic heterocycles. The summed E-state index contributed by atoms with van der Waals surface area (Å²) in [6.07, 6.45) is 3.86. The number of aromatic nitrogens is 1. The van der Waals surface area contributed by atoms with Gasteiger partial charge in [-0.2, -0.15) is 0 Å². The van der Waals surface area contributed by atoms with Gasteiger partial charge in [0.15, 0.2) is 0 Å². The minimum atomic E-state index is 0.396. The summed E-state index contributed by atoms with van der Waals surface area (Å²) in [6.45, 7) is 3.90. The van der Waals surface area contributed by atoms with E-state index in [1.54, 1.807) is 12.3 Å². The van der Waals surface area contributed by atoms with E-state index in [1.807, 2.05) is 0 Å². The number of hydrogen-bond acceptors (Lipinski definition) is 3. The smallest absolute Gasteiger partial charge is 0.232 e. The third-order valence-corrected chi connectivity index (χ3v) is 2.71. The van der Waals surface area contributed by atoms with Crippen molar-refractivity contribution in [2.45, 2.75) is 25.6 Å². The lowest BCUT2D eigenvalue weighted by atomic mass is 10.3. The summed E-state index contributed by atoms with van der Waals surface area (Å²) in [5.74, 6) is 0.826. The number of rotatable bonds is 8. The van der Waals surface area contributed by atoms with Crippen LogP contribution in [0.5, 0.6) is 5.88 Å². The lowest BCUT2D eigenvalue weighted by molar-refractivity contribution is 0.0965. The van der Waals surface area contributed by atoms with Crippen molar-refractivity contribution in [1.29, 1.82) is 0 Å². The van der Waals surface area contributed by atoms with E-state index in [-0.39, 0.29) is 0 Å². The molecule has 0 spiro atoms. The number of ether oxygens (including phenoxy) is 2. The van der Waals surface area contributed by atoms with Crippen LogP contribution in [-0.4, -0.2) is 24.8 Å². The molecule has 3 nitrogen and oxygen atoms in total. The molecule has 0 bridgehead atoms. The van der Waals surface area contributed by atoms with Gasteiger partial charge in [-0.25, -0.2) is 4.98 Å². The van der Waals surface area contributed by atoms with E-state index in [4.69, 9.17) is 32.7 Å². The van der Waals surface area contributed by atoms with Gasteiger partial charge in [-0.1, -0.05) is 24.9 Å². The molecule has 0 aliphatic carbocycles. The Kier molecular flexibility index (Phi) is 7.33. The summed E-state index contributed by atoms with van der Waals surface area (Å²) in [5, 5.41) is 0.483. The zero-order valence-electron chi connectivity index (χ0n) is 9.92. The van der Waals surface area contributed by atoms with Crippen LogP contribution in [0.25, 0.3) is 0 Å². The molecule has 1 aromatic heterocycles. The van der Waals surface area contributed by atoms with Gasteiger partial charge < -0.3 is 9.47 Å². The molecular weight excluding hydrogens is 261 g/mol. The van der Waals surface area contributed by atoms with Crippen LogP contribution in [-0.2, 0) is 10.6 Å². The van der Waals surface area contributed by atoms with Crippen LogP contribution in [0.3, 0.4) is 0 Å². The van der Waals surface area contributed by atoms with Crippen LogP contribution in [0.15, 0.2) is 12.3 Å². The number of alkyl halides is 1. The predicted molar refractivity (Wildman–Crippen MR) is 70.0 cm³/mol. The Labute approximate surface area is 112 Å². The lowest BCUT2D eigenvalue weighted by Crippen LogP contribution is -2.08. The van der Waals surface area contributed by atoms with Gasteiger partial charge in [0.25, 0.3) is 0 Å². The van der Waals surface area contributed by atoms with E-state index < -0.39 is 0 Å². The standard InChI is InChI=1S/C12H17Cl2NO2/c1-2-3-4-16-5-6-17-12-11(14)7-10(8-13)9-15-12/h7,9H,2-6,8H2,1H3. The molecule has 0 amide bonds. The fourth-order valence-electron chi connectivity index (χ4n) is 1.19. The van der Waals surface area contributed by atoms with Crippen LogP contribution < -0.4 is 4.74 Å². The Bertz CT molecular complexity index is 334. The van der Waals surface area contributed by atoms with E-state index in [0.29, 0.717) is 30.0 Å². The molecule has 0 radical (unpaired) electrons. The first kappa shape index (κ1) is 14.6. The number of nitrogens with zero attached hydrogens (tertiary/aromatic N) is 1. The van der Waals surface area contributed by atoms with Gasteiger partial charge in [0.1, 0.15) is 11.6 Å². The maximum atomic E-state index is 5.98. The van der Waals surface area contributed by atoms with Crippen molar-refractivity contribution in [3.63, 3.8) is 0 Å². The fraction of sp³-hybridized carbons (Fsp3) is 0.583. The second kappa shape index (κ2) is 8.56. The van der Waals surface area contributed by atoms with Crippen LogP contribution in [0.2, 0.25) is 5.02 Å². The normalized spacial score (nSPS) is 10.5. The van der Waals surface area contributed by atoms with Gasteiger partial charge >= 0.3 is 0 Å². The van der Waals surface area contributed by atoms with Crippen molar-refractivity contribution in [3.05, 3.63) is 22.8 Å². The molecule has 0 saturated heterocycles. The third-order valence-electron chi connectivity index (χ3n) is 2.13. The largest absolute Gasteiger partial charge is 0.474 e. The maximum absolute atomic E-state index is 5.98. The molecule has 0 unspecified atom stereocenters. The van der Waals surface area contributed by atoms with E-state index in [1.165, 1.54) is 0 Å². The zero-order chi connectivity index (χ0) is 12.5. The molecule has 0 atom stereocenters. The van der Waals surface area contributed by atoms with Gasteiger partial charge in [0.2, 0.25) is 5.88 Å². The van der Waals surface area contributed by atoms with Crippen LogP contribution >= 0.6 is 23.2 Å². The highest BCUT2D eigenvalue weighted by Gasteiger charge is 2.04. The van der Waals surface area contributed by atoms with Crippen molar-refractivity contribution < 1.29 is 9.47 Å². The Morgan fingerprint density at radius 3 is 2.76 bits per heavy atom. The molecule has 1 rings (SSSR count). The molecule has 0 N–H and O–H groups in total. The Morgan fingerprint density at radius 2 is 2.12 bits per heavy atom. The molecule has 1 heterocycles. The Morgan fingerprint density at radius 1 is 1.29 bits per heavy atom. The van der Waals surface area contributed by atoms with E-state index >= 15 is 0 Å². The summed E-state index contributed by atoms with van der Waals surface area (Å²) in [6, 6.07) is 1.76. The summed E-state index contributed by atoms with van der Waals surface area (Å²) in [4.78, 5) is 4.09. The summed E-state index contributed by atoms with van der Waals surface area (Å²) < 4.78 is 10.8. The number of hydrogen-bond donors (Lipinski definition) is 0. The van der Waals surface area contributed by atoms with E-state index in [9.17, 15) is 0 Å². The highest BCUT2D eigenvalue weighted by atomic mass is 35.5. The maximum Gasteiger partial charge on any atom is 0.232 e. The highest BCUT2D eigenvalue weighted by molar-refractivity contribution is 6.32. The Balaban J connectivity index is 2.27. The summed E-state index contributed by atoms with van der Waals surface area (Å²) in [5.41, 5.74) is 0.878. The van der Waals surface area contributed by atoms with E-state index in [2.05, 4.69) is 11.9 Å². The van der Waals surface area contributed by atoms with Gasteiger partial charge in [0, 0.05) is 18.7 Å². The second-order valence-corrected chi connectivity index (χ2v) is 4.25. The third kappa shape index (κ3) is 5.57. The lowest BCUT2D eigenvalue weighted by Gasteiger charge is -2.08. The van der Waals surface area contributed by atoms with Crippen molar-refractivity contribution in [2.24, 2.45) is 0 Å². The van der Waals surface area contributed by atoms with Crippen molar-refractivity contribution in [3.8, 4) is 5.88 Å². The average Bonchev–Trinajstić information content (AvgIpc) is 2.35. The second-order valence-electron chi connectivity index (χ2n) is 3.58. The molecule has 5 heteroatoms. The molecule has 96 valence electrons. The number of unbranched alkanes of at least 4 members (excludes halogenated alkanes) is 1. The van der Waals surface area contributed by atoms with Crippen molar-refractivity contribution in [2.75, 3.05) is 19.8 Å². The summed E-state index contributed by atoms with van der Waals surface area (Å²) in [7, 11) is 0. The fourth-order valence-corrected chi connectivity index (χ4v) is 1.58. The van der Waals surface area contributed by atoms with Gasteiger partial charge in [0.05, 0.1) is 6.61 Å². The monoisotopic (exact) mass is 277 g/mol. The van der Waals surface area contributed by atoms with Crippen molar-refractivity contribution >= 4 is 23.2 Å². The summed E-state index contributed by atoms with van der Waals surface area (Å²) >= 11 is 11.7. The van der Waals surface area contributed by atoms with Crippen LogP contribution in [0, 0.1) is 0 Å². The van der Waals surface area contributed by atoms with E-state index in [0.717, 1.165) is 25.0 Å². The van der Waals surface area contributed by atoms with Gasteiger partial charge in [-0.15, -0.1) is 11.6 Å². The molecule has 17 heavy (non-hydrogen) atoms. The molecule has 0 aliphatic rings. The molecule has 0 saturated carbocycles. The number of halogens is 2. The minimum absolute atomic E-state index is 0.396. The average molecular weight is 278 g/mol. The first-order valence-corrected chi connectivity index (χ1v) is 6.60. The topological polar surface area (TPSA) is 31.4 Å². The van der Waals surface area contributed by atoms with Gasteiger partial charge in [-0.3, -0.25) is 0 Å².